The molecule has 4 aromatic rings. The lowest BCUT2D eigenvalue weighted by Crippen LogP contribution is -2.25. The monoisotopic (exact) mass is 722 g/mol. The van der Waals surface area contributed by atoms with Crippen molar-refractivity contribution < 1.29 is 54.2 Å². The maximum atomic E-state index is 10.7. The molecule has 0 aliphatic carbocycles. The Morgan fingerprint density at radius 1 is 0.667 bits per heavy atom. The lowest BCUT2D eigenvalue weighted by atomic mass is 9.98. The molecule has 0 amide bonds. The molecular weight excluding hydrogens is 680 g/mol. The van der Waals surface area contributed by atoms with Gasteiger partial charge in [-0.05, 0) is 123 Å². The van der Waals surface area contributed by atoms with Crippen molar-refractivity contribution in [1.29, 1.82) is 0 Å². The summed E-state index contributed by atoms with van der Waals surface area (Å²) in [7, 11) is 0. The number of benzene rings is 3. The summed E-state index contributed by atoms with van der Waals surface area (Å²) in [4.78, 5) is 42.6. The standard InChI is InChI=1S/C33H38N2O3S.2C2H2O4/c36-30-24-25(9-14-31(30)38-22-20-35-17-5-6-18-35)23-29-28-7-1-2-8-32(28)39-33(29)26-10-12-27(13-11-26)37-21-19-34-15-3-4-16-34;2*3-1(4)2(5)6/h1-2,7-14,24,36H,3-6,15-23H2;2*(H,3,4)(H,5,6). The number of aromatic hydroxyl groups is 1. The molecule has 0 spiro atoms. The number of likely N-dealkylation sites (tertiary alicyclic amines) is 2. The predicted molar refractivity (Wildman–Crippen MR) is 191 cm³/mol. The van der Waals surface area contributed by atoms with Crippen molar-refractivity contribution in [3.05, 3.63) is 77.9 Å². The van der Waals surface area contributed by atoms with Gasteiger partial charge in [0.05, 0.1) is 0 Å². The minimum atomic E-state index is -1.82. The average Bonchev–Trinajstić information content (AvgIpc) is 3.90. The van der Waals surface area contributed by atoms with Crippen LogP contribution in [0, 0.1) is 0 Å². The van der Waals surface area contributed by atoms with E-state index in [4.69, 9.17) is 49.1 Å². The van der Waals surface area contributed by atoms with Crippen LogP contribution in [0.1, 0.15) is 36.8 Å². The number of hydrogen-bond acceptors (Lipinski definition) is 10. The van der Waals surface area contributed by atoms with Gasteiger partial charge in [0.15, 0.2) is 11.5 Å². The van der Waals surface area contributed by atoms with Crippen molar-refractivity contribution in [2.24, 2.45) is 0 Å². The first kappa shape index (κ1) is 38.6. The summed E-state index contributed by atoms with van der Waals surface area (Å²) in [6, 6.07) is 23.0. The Balaban J connectivity index is 0.000000420. The Hall–Kier alpha value is -5.18. The van der Waals surface area contributed by atoms with Crippen LogP contribution in [-0.2, 0) is 25.6 Å². The smallest absolute Gasteiger partial charge is 0.414 e. The lowest BCUT2D eigenvalue weighted by Gasteiger charge is -2.16. The Bertz CT molecular complexity index is 1730. The van der Waals surface area contributed by atoms with Gasteiger partial charge < -0.3 is 35.0 Å². The number of rotatable bonds is 11. The fourth-order valence-corrected chi connectivity index (χ4v) is 7.03. The molecule has 13 nitrogen and oxygen atoms in total. The van der Waals surface area contributed by atoms with Gasteiger partial charge in [-0.3, -0.25) is 9.80 Å². The topological polar surface area (TPSA) is 194 Å². The van der Waals surface area contributed by atoms with Gasteiger partial charge in [-0.25, -0.2) is 19.2 Å². The minimum Gasteiger partial charge on any atom is -0.504 e. The summed E-state index contributed by atoms with van der Waals surface area (Å²) < 4.78 is 13.2. The molecule has 6 rings (SSSR count). The summed E-state index contributed by atoms with van der Waals surface area (Å²) in [5.41, 5.74) is 3.57. The highest BCUT2D eigenvalue weighted by atomic mass is 32.1. The number of carboxylic acids is 4. The second kappa shape index (κ2) is 19.3. The summed E-state index contributed by atoms with van der Waals surface area (Å²) in [6.45, 7) is 7.94. The fraction of sp³-hybridized carbons (Fsp3) is 0.351. The lowest BCUT2D eigenvalue weighted by molar-refractivity contribution is -0.159. The number of phenolic OH excluding ortho intramolecular Hbond substituents is 1. The first-order valence-electron chi connectivity index (χ1n) is 16.6. The quantitative estimate of drug-likeness (QED) is 0.128. The summed E-state index contributed by atoms with van der Waals surface area (Å²) >= 11 is 1.83. The normalized spacial score (nSPS) is 14.2. The van der Waals surface area contributed by atoms with E-state index in [0.29, 0.717) is 12.4 Å². The average molecular weight is 723 g/mol. The van der Waals surface area contributed by atoms with Gasteiger partial charge in [-0.15, -0.1) is 11.3 Å². The molecule has 1 aromatic heterocycles. The summed E-state index contributed by atoms with van der Waals surface area (Å²) in [5.74, 6) is -5.60. The number of aliphatic carboxylic acids is 4. The number of carbonyl (C=O) groups is 4. The van der Waals surface area contributed by atoms with Crippen LogP contribution >= 0.6 is 11.3 Å². The number of fused-ring (bicyclic) bond motifs is 1. The van der Waals surface area contributed by atoms with Gasteiger partial charge >= 0.3 is 23.9 Å². The number of thiophene rings is 1. The summed E-state index contributed by atoms with van der Waals surface area (Å²) in [6.07, 6.45) is 5.91. The van der Waals surface area contributed by atoms with Gasteiger partial charge in [-0.1, -0.05) is 24.3 Å². The van der Waals surface area contributed by atoms with Gasteiger partial charge in [0.1, 0.15) is 19.0 Å². The molecule has 2 fully saturated rings. The van der Waals surface area contributed by atoms with Crippen molar-refractivity contribution >= 4 is 45.3 Å². The van der Waals surface area contributed by atoms with Crippen molar-refractivity contribution in [1.82, 2.24) is 9.80 Å². The van der Waals surface area contributed by atoms with Gasteiger partial charge in [0.25, 0.3) is 0 Å². The molecule has 3 heterocycles. The second-order valence-electron chi connectivity index (χ2n) is 11.9. The van der Waals surface area contributed by atoms with E-state index >= 15 is 0 Å². The first-order valence-corrected chi connectivity index (χ1v) is 17.4. The zero-order valence-corrected chi connectivity index (χ0v) is 28.8. The highest BCUT2D eigenvalue weighted by Crippen LogP contribution is 2.41. The summed E-state index contributed by atoms with van der Waals surface area (Å²) in [5, 5.41) is 41.6. The van der Waals surface area contributed by atoms with Crippen LogP contribution in [0.25, 0.3) is 20.5 Å². The maximum Gasteiger partial charge on any atom is 0.414 e. The van der Waals surface area contributed by atoms with Crippen molar-refractivity contribution in [2.45, 2.75) is 32.1 Å². The first-order chi connectivity index (χ1) is 24.5. The van der Waals surface area contributed by atoms with Crippen LogP contribution in [0.15, 0.2) is 66.7 Å². The molecule has 0 unspecified atom stereocenters. The molecule has 3 aromatic carbocycles. The van der Waals surface area contributed by atoms with E-state index in [0.717, 1.165) is 50.5 Å². The largest absolute Gasteiger partial charge is 0.504 e. The molecule has 0 atom stereocenters. The van der Waals surface area contributed by atoms with Crippen molar-refractivity contribution in [3.8, 4) is 27.7 Å². The molecule has 51 heavy (non-hydrogen) atoms. The second-order valence-corrected chi connectivity index (χ2v) is 13.0. The third-order valence-corrected chi connectivity index (χ3v) is 9.59. The SMILES string of the molecule is O=C(O)C(=O)O.O=C(O)C(=O)O.Oc1cc(Cc2c(-c3ccc(OCCN4CCCC4)cc3)sc3ccccc23)ccc1OCCN1CCCC1. The van der Waals surface area contributed by atoms with Crippen molar-refractivity contribution in [3.63, 3.8) is 0 Å². The van der Waals surface area contributed by atoms with E-state index in [9.17, 15) is 5.11 Å². The predicted octanol–water partition coefficient (Wildman–Crippen LogP) is 5.13. The molecular formula is C37H42N2O11S. The molecule has 2 aliphatic heterocycles. The van der Waals surface area contributed by atoms with Gasteiger partial charge in [0, 0.05) is 22.7 Å². The zero-order chi connectivity index (χ0) is 36.8. The van der Waals surface area contributed by atoms with Gasteiger partial charge in [-0.2, -0.15) is 0 Å². The third kappa shape index (κ3) is 12.0. The highest BCUT2D eigenvalue weighted by molar-refractivity contribution is 7.22. The van der Waals surface area contributed by atoms with E-state index in [2.05, 4.69) is 64.4 Å². The molecule has 2 saturated heterocycles. The van der Waals surface area contributed by atoms with E-state index in [1.807, 2.05) is 23.5 Å². The fourth-order valence-electron chi connectivity index (χ4n) is 5.80. The zero-order valence-electron chi connectivity index (χ0n) is 28.0. The van der Waals surface area contributed by atoms with Crippen LogP contribution in [0.5, 0.6) is 17.2 Å². The van der Waals surface area contributed by atoms with Crippen LogP contribution in [-0.4, -0.2) is 112 Å². The molecule has 272 valence electrons. The molecule has 2 aliphatic rings. The number of phenols is 1. The van der Waals surface area contributed by atoms with Crippen LogP contribution in [0.4, 0.5) is 0 Å². The Morgan fingerprint density at radius 3 is 1.73 bits per heavy atom. The number of ether oxygens (including phenoxy) is 2. The molecule has 0 radical (unpaired) electrons. The van der Waals surface area contributed by atoms with E-state index in [1.54, 1.807) is 0 Å². The van der Waals surface area contributed by atoms with E-state index < -0.39 is 23.9 Å². The number of nitrogens with zero attached hydrogens (tertiary/aromatic N) is 2. The van der Waals surface area contributed by atoms with Gasteiger partial charge in [0.2, 0.25) is 0 Å². The maximum absolute atomic E-state index is 10.7. The molecule has 5 N–H and O–H groups in total. The van der Waals surface area contributed by atoms with Crippen molar-refractivity contribution in [2.75, 3.05) is 52.5 Å². The van der Waals surface area contributed by atoms with E-state index in [-0.39, 0.29) is 5.75 Å². The van der Waals surface area contributed by atoms with Crippen LogP contribution in [0.3, 0.4) is 0 Å². The van der Waals surface area contributed by atoms with Crippen LogP contribution < -0.4 is 9.47 Å². The Labute approximate surface area is 298 Å². The number of carboxylic acid groups (broad SMARTS) is 4. The Morgan fingerprint density at radius 2 is 1.20 bits per heavy atom. The molecule has 0 bridgehead atoms. The third-order valence-electron chi connectivity index (χ3n) is 8.32. The molecule has 0 saturated carbocycles. The highest BCUT2D eigenvalue weighted by Gasteiger charge is 2.17. The van der Waals surface area contributed by atoms with Crippen LogP contribution in [0.2, 0.25) is 0 Å². The van der Waals surface area contributed by atoms with E-state index in [1.165, 1.54) is 64.9 Å². The molecule has 14 heteroatoms. The Kier molecular flexibility index (Phi) is 14.6. The number of hydrogen-bond donors (Lipinski definition) is 5. The minimum absolute atomic E-state index is 0.213.